The monoisotopic (exact) mass is 364 g/mol. The van der Waals surface area contributed by atoms with Crippen LogP contribution in [0.15, 0.2) is 53.3 Å². The number of furan rings is 1. The molecule has 3 atom stereocenters. The molecule has 2 unspecified atom stereocenters. The van der Waals surface area contributed by atoms with Crippen molar-refractivity contribution in [2.45, 2.75) is 32.6 Å². The van der Waals surface area contributed by atoms with Crippen LogP contribution in [0.1, 0.15) is 43.9 Å². The SMILES string of the molecule is CC1C[C@H](C)CN(C(=O)CC(c2ccc3occc3c2)c2cccn2C)C1. The molecule has 2 aromatic heterocycles. The fourth-order valence-electron chi connectivity index (χ4n) is 4.60. The predicted molar refractivity (Wildman–Crippen MR) is 108 cm³/mol. The lowest BCUT2D eigenvalue weighted by Gasteiger charge is -2.36. The van der Waals surface area contributed by atoms with Crippen LogP contribution >= 0.6 is 0 Å². The Bertz CT molecular complexity index is 929. The molecular formula is C23H28N2O2. The molecule has 4 nitrogen and oxygen atoms in total. The van der Waals surface area contributed by atoms with Gasteiger partial charge in [-0.15, -0.1) is 0 Å². The van der Waals surface area contributed by atoms with Gasteiger partial charge < -0.3 is 13.9 Å². The lowest BCUT2D eigenvalue weighted by atomic mass is 9.88. The van der Waals surface area contributed by atoms with E-state index in [1.807, 2.05) is 31.4 Å². The molecule has 1 aliphatic heterocycles. The summed E-state index contributed by atoms with van der Waals surface area (Å²) >= 11 is 0. The van der Waals surface area contributed by atoms with Crippen molar-refractivity contribution in [2.24, 2.45) is 18.9 Å². The Hall–Kier alpha value is -2.49. The number of carbonyl (C=O) groups is 1. The largest absolute Gasteiger partial charge is 0.464 e. The first kappa shape index (κ1) is 17.9. The zero-order valence-electron chi connectivity index (χ0n) is 16.4. The Balaban J connectivity index is 1.64. The number of nitrogens with zero attached hydrogens (tertiary/aromatic N) is 2. The van der Waals surface area contributed by atoms with Gasteiger partial charge in [0.15, 0.2) is 0 Å². The van der Waals surface area contributed by atoms with Crippen molar-refractivity contribution >= 4 is 16.9 Å². The first-order valence-corrected chi connectivity index (χ1v) is 9.87. The highest BCUT2D eigenvalue weighted by Crippen LogP contribution is 2.32. The minimum Gasteiger partial charge on any atom is -0.464 e. The van der Waals surface area contributed by atoms with Crippen molar-refractivity contribution in [3.05, 3.63) is 60.1 Å². The Morgan fingerprint density at radius 1 is 1.19 bits per heavy atom. The Labute approximate surface area is 160 Å². The van der Waals surface area contributed by atoms with Crippen molar-refractivity contribution in [1.29, 1.82) is 0 Å². The number of aryl methyl sites for hydroxylation is 1. The van der Waals surface area contributed by atoms with E-state index < -0.39 is 0 Å². The molecular weight excluding hydrogens is 336 g/mol. The number of aromatic nitrogens is 1. The number of amides is 1. The molecule has 1 saturated heterocycles. The van der Waals surface area contributed by atoms with Crippen molar-refractivity contribution in [3.63, 3.8) is 0 Å². The highest BCUT2D eigenvalue weighted by atomic mass is 16.3. The first-order valence-electron chi connectivity index (χ1n) is 9.87. The average molecular weight is 364 g/mol. The smallest absolute Gasteiger partial charge is 0.223 e. The van der Waals surface area contributed by atoms with E-state index in [-0.39, 0.29) is 11.8 Å². The summed E-state index contributed by atoms with van der Waals surface area (Å²) in [6, 6.07) is 12.4. The zero-order chi connectivity index (χ0) is 19.0. The van der Waals surface area contributed by atoms with Crippen molar-refractivity contribution < 1.29 is 9.21 Å². The second kappa shape index (κ2) is 7.26. The molecule has 0 bridgehead atoms. The van der Waals surface area contributed by atoms with Crippen molar-refractivity contribution in [1.82, 2.24) is 9.47 Å². The summed E-state index contributed by atoms with van der Waals surface area (Å²) in [5.41, 5.74) is 3.22. The topological polar surface area (TPSA) is 38.4 Å². The van der Waals surface area contributed by atoms with Gasteiger partial charge in [-0.1, -0.05) is 19.9 Å². The molecule has 0 saturated carbocycles. The van der Waals surface area contributed by atoms with Crippen LogP contribution in [0.3, 0.4) is 0 Å². The number of likely N-dealkylation sites (tertiary alicyclic amines) is 1. The summed E-state index contributed by atoms with van der Waals surface area (Å²) < 4.78 is 7.61. The van der Waals surface area contributed by atoms with Gasteiger partial charge in [0.25, 0.3) is 0 Å². The van der Waals surface area contributed by atoms with Gasteiger partial charge in [0, 0.05) is 49.8 Å². The summed E-state index contributed by atoms with van der Waals surface area (Å²) in [4.78, 5) is 15.3. The Morgan fingerprint density at radius 3 is 2.67 bits per heavy atom. The van der Waals surface area contributed by atoms with E-state index in [0.29, 0.717) is 18.3 Å². The number of fused-ring (bicyclic) bond motifs is 1. The van der Waals surface area contributed by atoms with Gasteiger partial charge in [-0.2, -0.15) is 0 Å². The molecule has 4 heteroatoms. The quantitative estimate of drug-likeness (QED) is 0.667. The predicted octanol–water partition coefficient (Wildman–Crippen LogP) is 4.80. The van der Waals surface area contributed by atoms with Gasteiger partial charge in [-0.25, -0.2) is 0 Å². The molecule has 1 aliphatic rings. The van der Waals surface area contributed by atoms with Crippen molar-refractivity contribution in [3.8, 4) is 0 Å². The summed E-state index contributed by atoms with van der Waals surface area (Å²) in [5, 5.41) is 1.08. The van der Waals surface area contributed by atoms with E-state index in [1.54, 1.807) is 6.26 Å². The van der Waals surface area contributed by atoms with Crippen LogP contribution in [0.25, 0.3) is 11.0 Å². The van der Waals surface area contributed by atoms with Crippen LogP contribution in [0.5, 0.6) is 0 Å². The lowest BCUT2D eigenvalue weighted by Crippen LogP contribution is -2.43. The van der Waals surface area contributed by atoms with Crippen LogP contribution in [-0.2, 0) is 11.8 Å². The van der Waals surface area contributed by atoms with Crippen LogP contribution in [0, 0.1) is 11.8 Å². The minimum absolute atomic E-state index is 0.0457. The molecule has 0 N–H and O–H groups in total. The second-order valence-corrected chi connectivity index (χ2v) is 8.26. The third-order valence-corrected chi connectivity index (χ3v) is 5.82. The van der Waals surface area contributed by atoms with Crippen LogP contribution in [-0.4, -0.2) is 28.5 Å². The van der Waals surface area contributed by atoms with Gasteiger partial charge in [-0.05, 0) is 54.2 Å². The minimum atomic E-state index is 0.0457. The second-order valence-electron chi connectivity index (χ2n) is 8.26. The maximum absolute atomic E-state index is 13.2. The standard InChI is InChI=1S/C23H28N2O2/c1-16-11-17(2)15-25(14-16)23(26)13-20(21-5-4-9-24(21)3)18-6-7-22-19(12-18)8-10-27-22/h4-10,12,16-17,20H,11,13-15H2,1-3H3/t16-,17?,20?/m0/s1. The fourth-order valence-corrected chi connectivity index (χ4v) is 4.60. The lowest BCUT2D eigenvalue weighted by molar-refractivity contribution is -0.134. The molecule has 4 rings (SSSR count). The van der Waals surface area contributed by atoms with E-state index in [2.05, 4.69) is 41.5 Å². The number of benzene rings is 1. The molecule has 0 aliphatic carbocycles. The average Bonchev–Trinajstić information content (AvgIpc) is 3.26. The van der Waals surface area contributed by atoms with E-state index in [9.17, 15) is 4.79 Å². The summed E-state index contributed by atoms with van der Waals surface area (Å²) in [5.74, 6) is 1.46. The van der Waals surface area contributed by atoms with Crippen LogP contribution in [0.2, 0.25) is 0 Å². The highest BCUT2D eigenvalue weighted by Gasteiger charge is 2.28. The molecule has 142 valence electrons. The third kappa shape index (κ3) is 3.66. The fraction of sp³-hybridized carbons (Fsp3) is 0.435. The normalized spacial score (nSPS) is 21.5. The summed E-state index contributed by atoms with van der Waals surface area (Å²) in [7, 11) is 2.05. The molecule has 27 heavy (non-hydrogen) atoms. The number of hydrogen-bond donors (Lipinski definition) is 0. The Kier molecular flexibility index (Phi) is 4.81. The molecule has 1 amide bonds. The molecule has 3 heterocycles. The van der Waals surface area contributed by atoms with Gasteiger partial charge in [0.05, 0.1) is 6.26 Å². The summed E-state index contributed by atoms with van der Waals surface area (Å²) in [6.07, 6.45) is 5.48. The molecule has 0 radical (unpaired) electrons. The van der Waals surface area contributed by atoms with Crippen LogP contribution in [0.4, 0.5) is 0 Å². The third-order valence-electron chi connectivity index (χ3n) is 5.82. The van der Waals surface area contributed by atoms with Gasteiger partial charge in [0.2, 0.25) is 5.91 Å². The summed E-state index contributed by atoms with van der Waals surface area (Å²) in [6.45, 7) is 6.25. The van der Waals surface area contributed by atoms with Gasteiger partial charge >= 0.3 is 0 Å². The number of piperidine rings is 1. The maximum atomic E-state index is 13.2. The Morgan fingerprint density at radius 2 is 1.96 bits per heavy atom. The van der Waals surface area contributed by atoms with E-state index in [1.165, 1.54) is 12.1 Å². The van der Waals surface area contributed by atoms with Gasteiger partial charge in [0.1, 0.15) is 5.58 Å². The maximum Gasteiger partial charge on any atom is 0.223 e. The van der Waals surface area contributed by atoms with Crippen LogP contribution < -0.4 is 0 Å². The molecule has 1 fully saturated rings. The molecule has 3 aromatic rings. The highest BCUT2D eigenvalue weighted by molar-refractivity contribution is 5.80. The molecule has 0 spiro atoms. The van der Waals surface area contributed by atoms with E-state index >= 15 is 0 Å². The molecule has 1 aromatic carbocycles. The number of carbonyl (C=O) groups excluding carboxylic acids is 1. The zero-order valence-corrected chi connectivity index (χ0v) is 16.4. The van der Waals surface area contributed by atoms with E-state index in [0.717, 1.165) is 29.6 Å². The van der Waals surface area contributed by atoms with Crippen molar-refractivity contribution in [2.75, 3.05) is 13.1 Å². The first-order chi connectivity index (χ1) is 13.0. The van der Waals surface area contributed by atoms with Gasteiger partial charge in [-0.3, -0.25) is 4.79 Å². The number of rotatable bonds is 4. The van der Waals surface area contributed by atoms with E-state index in [4.69, 9.17) is 4.42 Å². The number of hydrogen-bond acceptors (Lipinski definition) is 2.